The first-order valence-corrected chi connectivity index (χ1v) is 9.18. The van der Waals surface area contributed by atoms with Gasteiger partial charge in [0.2, 0.25) is 0 Å². The SMILES string of the molecule is O=C(N/N=C\c1ccccc1C(F)(F)F)c1ccccc1OCc1ccc(Cl)cc1. The maximum atomic E-state index is 13.0. The summed E-state index contributed by atoms with van der Waals surface area (Å²) in [5.41, 5.74) is 2.30. The lowest BCUT2D eigenvalue weighted by Crippen LogP contribution is -2.19. The van der Waals surface area contributed by atoms with Crippen molar-refractivity contribution >= 4 is 23.7 Å². The summed E-state index contributed by atoms with van der Waals surface area (Å²) in [5, 5.41) is 4.27. The smallest absolute Gasteiger partial charge is 0.417 e. The molecule has 0 aromatic heterocycles. The van der Waals surface area contributed by atoms with Gasteiger partial charge in [-0.1, -0.05) is 54.1 Å². The van der Waals surface area contributed by atoms with Crippen LogP contribution in [0.2, 0.25) is 5.02 Å². The number of hydrogen-bond acceptors (Lipinski definition) is 3. The third-order valence-electron chi connectivity index (χ3n) is 4.08. The molecule has 3 aromatic carbocycles. The number of para-hydroxylation sites is 1. The minimum atomic E-state index is -4.52. The van der Waals surface area contributed by atoms with Crippen molar-refractivity contribution in [3.63, 3.8) is 0 Å². The number of rotatable bonds is 6. The second-order valence-corrected chi connectivity index (χ2v) is 6.63. The van der Waals surface area contributed by atoms with Crippen LogP contribution in [0.3, 0.4) is 0 Å². The Morgan fingerprint density at radius 2 is 1.67 bits per heavy atom. The van der Waals surface area contributed by atoms with Gasteiger partial charge in [-0.05, 0) is 35.9 Å². The number of alkyl halides is 3. The Balaban J connectivity index is 1.69. The maximum Gasteiger partial charge on any atom is 0.417 e. The zero-order valence-electron chi connectivity index (χ0n) is 15.5. The van der Waals surface area contributed by atoms with Gasteiger partial charge in [0.25, 0.3) is 5.91 Å². The average Bonchev–Trinajstić information content (AvgIpc) is 2.73. The van der Waals surface area contributed by atoms with E-state index in [0.29, 0.717) is 10.8 Å². The van der Waals surface area contributed by atoms with E-state index in [9.17, 15) is 18.0 Å². The molecule has 4 nitrogen and oxygen atoms in total. The Bertz CT molecular complexity index is 1050. The highest BCUT2D eigenvalue weighted by molar-refractivity contribution is 6.30. The Hall–Kier alpha value is -3.32. The highest BCUT2D eigenvalue weighted by atomic mass is 35.5. The van der Waals surface area contributed by atoms with Crippen LogP contribution in [0.4, 0.5) is 13.2 Å². The number of ether oxygens (including phenoxy) is 1. The van der Waals surface area contributed by atoms with E-state index in [-0.39, 0.29) is 17.7 Å². The van der Waals surface area contributed by atoms with Crippen molar-refractivity contribution < 1.29 is 22.7 Å². The molecule has 0 atom stereocenters. The van der Waals surface area contributed by atoms with Gasteiger partial charge in [-0.2, -0.15) is 18.3 Å². The number of nitrogens with zero attached hydrogens (tertiary/aromatic N) is 1. The molecule has 3 rings (SSSR count). The first-order chi connectivity index (χ1) is 14.3. The molecule has 3 aromatic rings. The molecule has 8 heteroatoms. The van der Waals surface area contributed by atoms with Gasteiger partial charge < -0.3 is 4.74 Å². The number of carbonyl (C=O) groups is 1. The van der Waals surface area contributed by atoms with Crippen LogP contribution in [0.15, 0.2) is 77.9 Å². The lowest BCUT2D eigenvalue weighted by Gasteiger charge is -2.11. The standard InChI is InChI=1S/C22H16ClF3N2O2/c23-17-11-9-15(10-12-17)14-30-20-8-4-2-6-18(20)21(29)28-27-13-16-5-1-3-7-19(16)22(24,25)26/h1-13H,14H2,(H,28,29)/b27-13-. The van der Waals surface area contributed by atoms with Crippen molar-refractivity contribution in [3.05, 3.63) is 100 Å². The molecule has 154 valence electrons. The molecule has 0 heterocycles. The predicted molar refractivity (Wildman–Crippen MR) is 109 cm³/mol. The summed E-state index contributed by atoms with van der Waals surface area (Å²) in [6, 6.07) is 18.5. The molecule has 0 radical (unpaired) electrons. The molecule has 0 aliphatic carbocycles. The summed E-state index contributed by atoms with van der Waals surface area (Å²) in [6.07, 6.45) is -3.56. The van der Waals surface area contributed by atoms with Crippen LogP contribution in [0.25, 0.3) is 0 Å². The summed E-state index contributed by atoms with van der Waals surface area (Å²) in [4.78, 5) is 12.4. The first-order valence-electron chi connectivity index (χ1n) is 8.80. The number of nitrogens with one attached hydrogen (secondary N) is 1. The second kappa shape index (κ2) is 9.45. The minimum absolute atomic E-state index is 0.155. The summed E-state index contributed by atoms with van der Waals surface area (Å²) in [7, 11) is 0. The maximum absolute atomic E-state index is 13.0. The van der Waals surface area contributed by atoms with Crippen LogP contribution in [0.1, 0.15) is 27.0 Å². The van der Waals surface area contributed by atoms with Gasteiger partial charge in [0.1, 0.15) is 12.4 Å². The molecule has 0 fully saturated rings. The van der Waals surface area contributed by atoms with Gasteiger partial charge in [0.15, 0.2) is 0 Å². The fraction of sp³-hybridized carbons (Fsp3) is 0.0909. The van der Waals surface area contributed by atoms with E-state index in [4.69, 9.17) is 16.3 Å². The fourth-order valence-electron chi connectivity index (χ4n) is 2.61. The van der Waals surface area contributed by atoms with Crippen LogP contribution < -0.4 is 10.2 Å². The topological polar surface area (TPSA) is 50.7 Å². The molecule has 1 N–H and O–H groups in total. The second-order valence-electron chi connectivity index (χ2n) is 6.20. The molecule has 0 aliphatic heterocycles. The Morgan fingerprint density at radius 3 is 2.40 bits per heavy atom. The lowest BCUT2D eigenvalue weighted by molar-refractivity contribution is -0.137. The molecule has 30 heavy (non-hydrogen) atoms. The average molecular weight is 433 g/mol. The van der Waals surface area contributed by atoms with Gasteiger partial charge in [-0.15, -0.1) is 0 Å². The zero-order chi connectivity index (χ0) is 21.6. The van der Waals surface area contributed by atoms with Crippen LogP contribution in [-0.2, 0) is 12.8 Å². The third kappa shape index (κ3) is 5.61. The summed E-state index contributed by atoms with van der Waals surface area (Å²) in [6.45, 7) is 0.212. The van der Waals surface area contributed by atoms with E-state index in [1.807, 2.05) is 0 Å². The molecule has 0 saturated carbocycles. The molecule has 0 spiro atoms. The van der Waals surface area contributed by atoms with Crippen LogP contribution in [0.5, 0.6) is 5.75 Å². The number of hydrazone groups is 1. The van der Waals surface area contributed by atoms with Crippen molar-refractivity contribution in [1.29, 1.82) is 0 Å². The van der Waals surface area contributed by atoms with Crippen LogP contribution in [-0.4, -0.2) is 12.1 Å². The van der Waals surface area contributed by atoms with E-state index < -0.39 is 17.6 Å². The molecule has 0 saturated heterocycles. The first kappa shape index (κ1) is 21.4. The highest BCUT2D eigenvalue weighted by Crippen LogP contribution is 2.31. The van der Waals surface area contributed by atoms with Gasteiger partial charge in [-0.25, -0.2) is 5.43 Å². The molecule has 0 aliphatic rings. The van der Waals surface area contributed by atoms with Crippen molar-refractivity contribution in [1.82, 2.24) is 5.43 Å². The Kier molecular flexibility index (Phi) is 6.74. The minimum Gasteiger partial charge on any atom is -0.488 e. The summed E-state index contributed by atoms with van der Waals surface area (Å²) in [5.74, 6) is -0.293. The Morgan fingerprint density at radius 1 is 1.00 bits per heavy atom. The molecule has 1 amide bonds. The normalized spacial score (nSPS) is 11.5. The Labute approximate surface area is 175 Å². The number of benzene rings is 3. The highest BCUT2D eigenvalue weighted by Gasteiger charge is 2.32. The van der Waals surface area contributed by atoms with Gasteiger partial charge >= 0.3 is 6.18 Å². The number of hydrogen-bond donors (Lipinski definition) is 1. The largest absolute Gasteiger partial charge is 0.488 e. The van der Waals surface area contributed by atoms with Crippen molar-refractivity contribution in [2.24, 2.45) is 5.10 Å². The van der Waals surface area contributed by atoms with E-state index in [1.54, 1.807) is 42.5 Å². The monoisotopic (exact) mass is 432 g/mol. The molecular weight excluding hydrogens is 417 g/mol. The molecule has 0 bridgehead atoms. The fourth-order valence-corrected chi connectivity index (χ4v) is 2.74. The van der Waals surface area contributed by atoms with Crippen molar-refractivity contribution in [2.45, 2.75) is 12.8 Å². The van der Waals surface area contributed by atoms with Crippen LogP contribution >= 0.6 is 11.6 Å². The summed E-state index contributed by atoms with van der Waals surface area (Å²) < 4.78 is 44.8. The summed E-state index contributed by atoms with van der Waals surface area (Å²) >= 11 is 5.85. The number of carbonyl (C=O) groups excluding carboxylic acids is 1. The number of halogens is 4. The van der Waals surface area contributed by atoms with Crippen LogP contribution in [0, 0.1) is 0 Å². The van der Waals surface area contributed by atoms with Crippen molar-refractivity contribution in [2.75, 3.05) is 0 Å². The number of amides is 1. The van der Waals surface area contributed by atoms with E-state index in [2.05, 4.69) is 10.5 Å². The predicted octanol–water partition coefficient (Wildman–Crippen LogP) is 5.70. The van der Waals surface area contributed by atoms with Gasteiger partial charge in [0, 0.05) is 10.6 Å². The van der Waals surface area contributed by atoms with E-state index in [0.717, 1.165) is 17.8 Å². The van der Waals surface area contributed by atoms with Gasteiger partial charge in [0.05, 0.1) is 17.3 Å². The quantitative estimate of drug-likeness (QED) is 0.401. The third-order valence-corrected chi connectivity index (χ3v) is 4.33. The molecule has 0 unspecified atom stereocenters. The zero-order valence-corrected chi connectivity index (χ0v) is 16.2. The lowest BCUT2D eigenvalue weighted by atomic mass is 10.1. The van der Waals surface area contributed by atoms with Crippen molar-refractivity contribution in [3.8, 4) is 5.75 Å². The van der Waals surface area contributed by atoms with E-state index in [1.165, 1.54) is 24.3 Å². The molecular formula is C22H16ClF3N2O2. The van der Waals surface area contributed by atoms with Gasteiger partial charge in [-0.3, -0.25) is 4.79 Å². The van der Waals surface area contributed by atoms with E-state index >= 15 is 0 Å².